The molecule has 1 aliphatic rings. The van der Waals surface area contributed by atoms with Crippen LogP contribution < -0.4 is 10.2 Å². The number of fused-ring (bicyclic) bond motifs is 2. The summed E-state index contributed by atoms with van der Waals surface area (Å²) in [6.07, 6.45) is 1.92. The smallest absolute Gasteiger partial charge is 0.251 e. The zero-order valence-corrected chi connectivity index (χ0v) is 16.2. The summed E-state index contributed by atoms with van der Waals surface area (Å²) >= 11 is 0. The molecule has 1 unspecified atom stereocenters. The number of nitrogens with one attached hydrogen (secondary N) is 2. The Morgan fingerprint density at radius 3 is 2.93 bits per heavy atom. The number of anilines is 1. The molecule has 144 valence electrons. The number of amides is 2. The average Bonchev–Trinajstić information content (AvgIpc) is 3.21. The number of aryl methyl sites for hydroxylation is 1. The van der Waals surface area contributed by atoms with Crippen LogP contribution in [0.25, 0.3) is 11.0 Å². The van der Waals surface area contributed by atoms with E-state index in [0.29, 0.717) is 24.9 Å². The molecule has 2 amide bonds. The van der Waals surface area contributed by atoms with E-state index in [1.807, 2.05) is 36.1 Å². The van der Waals surface area contributed by atoms with Crippen LogP contribution in [-0.2, 0) is 11.2 Å². The molecule has 0 fully saturated rings. The maximum absolute atomic E-state index is 12.7. The van der Waals surface area contributed by atoms with Crippen LogP contribution in [0.5, 0.6) is 0 Å². The van der Waals surface area contributed by atoms with Crippen molar-refractivity contribution in [3.63, 3.8) is 0 Å². The molecule has 2 N–H and O–H groups in total. The van der Waals surface area contributed by atoms with Crippen molar-refractivity contribution in [2.24, 2.45) is 0 Å². The first-order valence-electron chi connectivity index (χ1n) is 9.67. The minimum absolute atomic E-state index is 0.112. The van der Waals surface area contributed by atoms with Gasteiger partial charge in [-0.3, -0.25) is 9.59 Å². The van der Waals surface area contributed by atoms with Gasteiger partial charge in [-0.15, -0.1) is 0 Å². The van der Waals surface area contributed by atoms with E-state index in [2.05, 4.69) is 28.3 Å². The van der Waals surface area contributed by atoms with Gasteiger partial charge in [0.2, 0.25) is 5.91 Å². The van der Waals surface area contributed by atoms with Gasteiger partial charge in [-0.2, -0.15) is 0 Å². The molecule has 2 heterocycles. The number of nitrogens with zero attached hydrogens (tertiary/aromatic N) is 2. The molecule has 1 aliphatic heterocycles. The second-order valence-corrected chi connectivity index (χ2v) is 7.36. The van der Waals surface area contributed by atoms with E-state index in [1.165, 1.54) is 5.56 Å². The lowest BCUT2D eigenvalue weighted by Gasteiger charge is -2.22. The van der Waals surface area contributed by atoms with E-state index in [9.17, 15) is 9.59 Å². The number of carbonyl (C=O) groups is 2. The maximum Gasteiger partial charge on any atom is 0.251 e. The van der Waals surface area contributed by atoms with Gasteiger partial charge in [0.05, 0.1) is 11.0 Å². The summed E-state index contributed by atoms with van der Waals surface area (Å²) in [4.78, 5) is 34.4. The molecule has 0 saturated heterocycles. The fourth-order valence-corrected chi connectivity index (χ4v) is 3.89. The van der Waals surface area contributed by atoms with Crippen molar-refractivity contribution in [3.05, 3.63) is 59.4 Å². The van der Waals surface area contributed by atoms with E-state index in [0.717, 1.165) is 29.0 Å². The Bertz CT molecular complexity index is 1040. The van der Waals surface area contributed by atoms with Crippen molar-refractivity contribution in [2.75, 3.05) is 11.4 Å². The Morgan fingerprint density at radius 2 is 2.07 bits per heavy atom. The van der Waals surface area contributed by atoms with Crippen LogP contribution in [0, 0.1) is 6.92 Å². The van der Waals surface area contributed by atoms with Crippen LogP contribution in [0.4, 0.5) is 5.69 Å². The fraction of sp³-hybridized carbons (Fsp3) is 0.318. The van der Waals surface area contributed by atoms with Crippen molar-refractivity contribution in [3.8, 4) is 0 Å². The number of rotatable bonds is 5. The first-order chi connectivity index (χ1) is 13.5. The van der Waals surface area contributed by atoms with Crippen LogP contribution in [-0.4, -0.2) is 34.4 Å². The topological polar surface area (TPSA) is 78.1 Å². The number of aromatic amines is 1. The summed E-state index contributed by atoms with van der Waals surface area (Å²) < 4.78 is 0. The molecule has 0 radical (unpaired) electrons. The van der Waals surface area contributed by atoms with E-state index >= 15 is 0 Å². The second-order valence-electron chi connectivity index (χ2n) is 7.36. The lowest BCUT2D eigenvalue weighted by molar-refractivity contribution is -0.119. The molecule has 3 aromatic rings. The summed E-state index contributed by atoms with van der Waals surface area (Å²) in [7, 11) is 0. The summed E-state index contributed by atoms with van der Waals surface area (Å²) in [6, 6.07) is 13.7. The molecule has 6 nitrogen and oxygen atoms in total. The minimum Gasteiger partial charge on any atom is -0.352 e. The summed E-state index contributed by atoms with van der Waals surface area (Å²) in [5.74, 6) is 0.798. The van der Waals surface area contributed by atoms with E-state index < -0.39 is 0 Å². The molecule has 1 aromatic heterocycles. The molecule has 0 spiro atoms. The Labute approximate surface area is 164 Å². The van der Waals surface area contributed by atoms with Crippen molar-refractivity contribution < 1.29 is 9.59 Å². The highest BCUT2D eigenvalue weighted by Gasteiger charge is 2.29. The molecule has 0 aliphatic carbocycles. The van der Waals surface area contributed by atoms with Crippen molar-refractivity contribution in [1.82, 2.24) is 15.3 Å². The molecular weight excluding hydrogens is 352 g/mol. The van der Waals surface area contributed by atoms with Gasteiger partial charge in [0.15, 0.2) is 0 Å². The van der Waals surface area contributed by atoms with Crippen LogP contribution >= 0.6 is 0 Å². The van der Waals surface area contributed by atoms with Crippen LogP contribution in [0.2, 0.25) is 0 Å². The largest absolute Gasteiger partial charge is 0.352 e. The van der Waals surface area contributed by atoms with Crippen LogP contribution in [0.15, 0.2) is 42.5 Å². The van der Waals surface area contributed by atoms with Gasteiger partial charge in [0.1, 0.15) is 5.82 Å². The van der Waals surface area contributed by atoms with Gasteiger partial charge in [0, 0.05) is 30.3 Å². The summed E-state index contributed by atoms with van der Waals surface area (Å²) in [5.41, 5.74) is 4.53. The van der Waals surface area contributed by atoms with Gasteiger partial charge in [-0.1, -0.05) is 18.2 Å². The second kappa shape index (κ2) is 7.46. The van der Waals surface area contributed by atoms with Gasteiger partial charge in [-0.25, -0.2) is 4.98 Å². The molecule has 0 bridgehead atoms. The summed E-state index contributed by atoms with van der Waals surface area (Å²) in [5, 5.41) is 2.90. The molecule has 6 heteroatoms. The number of carbonyl (C=O) groups excluding carboxylic acids is 2. The SMILES string of the molecule is Cc1nc2ccc(C(=O)NCCCC(=O)N3c4ccccc4CC3C)cc2[nH]1. The molecule has 0 saturated carbocycles. The van der Waals surface area contributed by atoms with Crippen molar-refractivity contribution in [2.45, 2.75) is 39.2 Å². The van der Waals surface area contributed by atoms with Gasteiger partial charge in [-0.05, 0) is 56.5 Å². The van der Waals surface area contributed by atoms with Gasteiger partial charge in [0.25, 0.3) is 5.91 Å². The number of hydrogen-bond acceptors (Lipinski definition) is 3. The number of aromatic nitrogens is 2. The summed E-state index contributed by atoms with van der Waals surface area (Å²) in [6.45, 7) is 4.43. The zero-order chi connectivity index (χ0) is 19.7. The molecule has 1 atom stereocenters. The Hall–Kier alpha value is -3.15. The first-order valence-corrected chi connectivity index (χ1v) is 9.67. The van der Waals surface area contributed by atoms with Crippen molar-refractivity contribution in [1.29, 1.82) is 0 Å². The van der Waals surface area contributed by atoms with E-state index in [-0.39, 0.29) is 17.9 Å². The molecule has 2 aromatic carbocycles. The minimum atomic E-state index is -0.138. The number of para-hydroxylation sites is 1. The highest BCUT2D eigenvalue weighted by atomic mass is 16.2. The van der Waals surface area contributed by atoms with Gasteiger partial charge >= 0.3 is 0 Å². The lowest BCUT2D eigenvalue weighted by atomic mass is 10.1. The standard InChI is InChI=1S/C22H24N4O2/c1-14-12-16-6-3-4-7-20(16)26(14)21(27)8-5-11-23-22(28)17-9-10-18-19(13-17)25-15(2)24-18/h3-4,6-7,9-10,13-14H,5,8,11-12H2,1-2H3,(H,23,28)(H,24,25). The monoisotopic (exact) mass is 376 g/mol. The highest BCUT2D eigenvalue weighted by Crippen LogP contribution is 2.32. The van der Waals surface area contributed by atoms with E-state index in [4.69, 9.17) is 0 Å². The molecule has 28 heavy (non-hydrogen) atoms. The average molecular weight is 376 g/mol. The lowest BCUT2D eigenvalue weighted by Crippen LogP contribution is -2.36. The Morgan fingerprint density at radius 1 is 1.25 bits per heavy atom. The number of benzene rings is 2. The zero-order valence-electron chi connectivity index (χ0n) is 16.2. The first kappa shape index (κ1) is 18.2. The Balaban J connectivity index is 1.30. The molecular formula is C22H24N4O2. The normalized spacial score (nSPS) is 15.6. The fourth-order valence-electron chi connectivity index (χ4n) is 3.89. The maximum atomic E-state index is 12.7. The number of H-pyrrole nitrogens is 1. The van der Waals surface area contributed by atoms with Crippen LogP contribution in [0.3, 0.4) is 0 Å². The van der Waals surface area contributed by atoms with Crippen molar-refractivity contribution >= 4 is 28.5 Å². The highest BCUT2D eigenvalue weighted by molar-refractivity contribution is 5.98. The third-order valence-corrected chi connectivity index (χ3v) is 5.19. The quantitative estimate of drug-likeness (QED) is 0.670. The van der Waals surface area contributed by atoms with E-state index in [1.54, 1.807) is 12.1 Å². The van der Waals surface area contributed by atoms with Gasteiger partial charge < -0.3 is 15.2 Å². The Kier molecular flexibility index (Phi) is 4.86. The number of imidazole rings is 1. The molecule has 4 rings (SSSR count). The number of hydrogen-bond donors (Lipinski definition) is 2. The predicted octanol–water partition coefficient (Wildman–Crippen LogP) is 3.36. The third kappa shape index (κ3) is 3.50. The predicted molar refractivity (Wildman–Crippen MR) is 109 cm³/mol. The van der Waals surface area contributed by atoms with Crippen LogP contribution in [0.1, 0.15) is 41.5 Å². The third-order valence-electron chi connectivity index (χ3n) is 5.19.